The van der Waals surface area contributed by atoms with E-state index < -0.39 is 0 Å². The number of anilines is 1. The summed E-state index contributed by atoms with van der Waals surface area (Å²) in [5.41, 5.74) is 1.72. The summed E-state index contributed by atoms with van der Waals surface area (Å²) in [6.07, 6.45) is 0.131. The largest absolute Gasteiger partial charge is 0.355 e. The van der Waals surface area contributed by atoms with Crippen LogP contribution in [0.1, 0.15) is 22.8 Å². The zero-order valence-electron chi connectivity index (χ0n) is 14.3. The maximum Gasteiger partial charge on any atom is 0.251 e. The lowest BCUT2D eigenvalue weighted by molar-refractivity contribution is -0.119. The summed E-state index contributed by atoms with van der Waals surface area (Å²) in [4.78, 5) is 34.7. The lowest BCUT2D eigenvalue weighted by Crippen LogP contribution is -2.33. The number of carbonyl (C=O) groups is 3. The highest BCUT2D eigenvalue weighted by Gasteiger charge is 2.07. The van der Waals surface area contributed by atoms with E-state index in [2.05, 4.69) is 16.0 Å². The van der Waals surface area contributed by atoms with Gasteiger partial charge in [-0.15, -0.1) is 0 Å². The van der Waals surface area contributed by atoms with Crippen molar-refractivity contribution in [2.75, 3.05) is 18.4 Å². The maximum atomic E-state index is 12.9. The first-order valence-corrected chi connectivity index (χ1v) is 8.11. The second-order valence-electron chi connectivity index (χ2n) is 5.67. The van der Waals surface area contributed by atoms with Crippen molar-refractivity contribution < 1.29 is 18.8 Å². The van der Waals surface area contributed by atoms with Gasteiger partial charge in [-0.1, -0.05) is 12.1 Å². The van der Waals surface area contributed by atoms with Crippen molar-refractivity contribution in [3.63, 3.8) is 0 Å². The van der Waals surface area contributed by atoms with Crippen LogP contribution in [0.15, 0.2) is 48.5 Å². The Kier molecular flexibility index (Phi) is 6.84. The lowest BCUT2D eigenvalue weighted by atomic mass is 10.1. The zero-order valence-corrected chi connectivity index (χ0v) is 14.3. The summed E-state index contributed by atoms with van der Waals surface area (Å²) >= 11 is 0. The molecule has 2 aromatic carbocycles. The number of rotatable bonds is 7. The highest BCUT2D eigenvalue weighted by atomic mass is 19.1. The van der Waals surface area contributed by atoms with Gasteiger partial charge in [0, 0.05) is 31.3 Å². The smallest absolute Gasteiger partial charge is 0.251 e. The van der Waals surface area contributed by atoms with Gasteiger partial charge in [0.2, 0.25) is 11.8 Å². The molecule has 3 N–H and O–H groups in total. The molecule has 0 fully saturated rings. The standard InChI is InChI=1S/C19H20FN3O3/c1-13(24)21-10-11-22-19(26)15-4-8-17(9-5-15)23-18(25)12-14-2-6-16(20)7-3-14/h2-9H,10-12H2,1H3,(H,21,24)(H,22,26)(H,23,25). The fourth-order valence-corrected chi connectivity index (χ4v) is 2.21. The van der Waals surface area contributed by atoms with Gasteiger partial charge in [-0.2, -0.15) is 0 Å². The van der Waals surface area contributed by atoms with Gasteiger partial charge < -0.3 is 16.0 Å². The molecule has 0 aromatic heterocycles. The predicted octanol–water partition coefficient (Wildman–Crippen LogP) is 1.87. The molecule has 6 nitrogen and oxygen atoms in total. The second-order valence-corrected chi connectivity index (χ2v) is 5.67. The molecule has 0 saturated carbocycles. The van der Waals surface area contributed by atoms with Crippen LogP contribution in [0.3, 0.4) is 0 Å². The minimum atomic E-state index is -0.347. The molecular weight excluding hydrogens is 337 g/mol. The quantitative estimate of drug-likeness (QED) is 0.661. The molecule has 0 atom stereocenters. The third-order valence-electron chi connectivity index (χ3n) is 3.49. The van der Waals surface area contributed by atoms with Crippen LogP contribution in [-0.4, -0.2) is 30.8 Å². The number of amides is 3. The summed E-state index contributed by atoms with van der Waals surface area (Å²) in [7, 11) is 0. The Morgan fingerprint density at radius 2 is 1.50 bits per heavy atom. The molecule has 3 amide bonds. The van der Waals surface area contributed by atoms with Gasteiger partial charge in [-0.3, -0.25) is 14.4 Å². The van der Waals surface area contributed by atoms with Gasteiger partial charge in [0.1, 0.15) is 5.82 Å². The molecule has 0 unspecified atom stereocenters. The van der Waals surface area contributed by atoms with Crippen LogP contribution in [0.5, 0.6) is 0 Å². The molecule has 0 heterocycles. The van der Waals surface area contributed by atoms with Crippen molar-refractivity contribution >= 4 is 23.4 Å². The molecule has 26 heavy (non-hydrogen) atoms. The minimum absolute atomic E-state index is 0.131. The Balaban J connectivity index is 1.82. The topological polar surface area (TPSA) is 87.3 Å². The van der Waals surface area contributed by atoms with E-state index >= 15 is 0 Å². The summed E-state index contributed by atoms with van der Waals surface area (Å²) < 4.78 is 12.9. The van der Waals surface area contributed by atoms with Crippen molar-refractivity contribution in [3.05, 3.63) is 65.5 Å². The molecule has 7 heteroatoms. The zero-order chi connectivity index (χ0) is 18.9. The van der Waals surface area contributed by atoms with E-state index in [0.717, 1.165) is 0 Å². The molecule has 0 aliphatic carbocycles. The Labute approximate surface area is 150 Å². The first-order chi connectivity index (χ1) is 12.4. The highest BCUT2D eigenvalue weighted by Crippen LogP contribution is 2.11. The summed E-state index contributed by atoms with van der Waals surface area (Å²) in [6.45, 7) is 2.10. The van der Waals surface area contributed by atoms with Crippen LogP contribution in [0.4, 0.5) is 10.1 Å². The molecular formula is C19H20FN3O3. The lowest BCUT2D eigenvalue weighted by Gasteiger charge is -2.08. The van der Waals surface area contributed by atoms with E-state index in [1.807, 2.05) is 0 Å². The third-order valence-corrected chi connectivity index (χ3v) is 3.49. The fraction of sp³-hybridized carbons (Fsp3) is 0.211. The van der Waals surface area contributed by atoms with E-state index in [9.17, 15) is 18.8 Å². The molecule has 136 valence electrons. The average Bonchev–Trinajstić information content (AvgIpc) is 2.61. The molecule has 0 spiro atoms. The molecule has 0 aliphatic heterocycles. The first-order valence-electron chi connectivity index (χ1n) is 8.11. The van der Waals surface area contributed by atoms with Gasteiger partial charge in [0.05, 0.1) is 6.42 Å². The summed E-state index contributed by atoms with van der Waals surface area (Å²) in [6, 6.07) is 12.2. The van der Waals surface area contributed by atoms with Crippen LogP contribution in [0.25, 0.3) is 0 Å². The van der Waals surface area contributed by atoms with Crippen LogP contribution in [-0.2, 0) is 16.0 Å². The summed E-state index contributed by atoms with van der Waals surface area (Å²) in [5.74, 6) is -0.997. The molecule has 2 aromatic rings. The second kappa shape index (κ2) is 9.31. The number of nitrogens with one attached hydrogen (secondary N) is 3. The van der Waals surface area contributed by atoms with E-state index in [1.54, 1.807) is 36.4 Å². The Bertz CT molecular complexity index is 774. The van der Waals surface area contributed by atoms with E-state index in [4.69, 9.17) is 0 Å². The number of halogens is 1. The first kappa shape index (κ1) is 19.1. The predicted molar refractivity (Wildman–Crippen MR) is 96.2 cm³/mol. The normalized spacial score (nSPS) is 10.1. The van der Waals surface area contributed by atoms with Gasteiger partial charge in [-0.05, 0) is 42.0 Å². The van der Waals surface area contributed by atoms with Crippen molar-refractivity contribution in [1.29, 1.82) is 0 Å². The Morgan fingerprint density at radius 3 is 2.12 bits per heavy atom. The number of hydrogen-bond donors (Lipinski definition) is 3. The summed E-state index contributed by atoms with van der Waals surface area (Å²) in [5, 5.41) is 7.99. The highest BCUT2D eigenvalue weighted by molar-refractivity contribution is 5.96. The Hall–Kier alpha value is -3.22. The number of hydrogen-bond acceptors (Lipinski definition) is 3. The molecule has 0 aliphatic rings. The Morgan fingerprint density at radius 1 is 0.885 bits per heavy atom. The minimum Gasteiger partial charge on any atom is -0.355 e. The number of carbonyl (C=O) groups excluding carboxylic acids is 3. The van der Waals surface area contributed by atoms with Gasteiger partial charge in [-0.25, -0.2) is 4.39 Å². The van der Waals surface area contributed by atoms with Crippen LogP contribution in [0, 0.1) is 5.82 Å². The van der Waals surface area contributed by atoms with Crippen LogP contribution in [0.2, 0.25) is 0 Å². The maximum absolute atomic E-state index is 12.9. The fourth-order valence-electron chi connectivity index (χ4n) is 2.21. The van der Waals surface area contributed by atoms with E-state index in [-0.39, 0.29) is 30.0 Å². The van der Waals surface area contributed by atoms with Crippen molar-refractivity contribution in [2.24, 2.45) is 0 Å². The van der Waals surface area contributed by atoms with Gasteiger partial charge in [0.15, 0.2) is 0 Å². The van der Waals surface area contributed by atoms with Crippen molar-refractivity contribution in [3.8, 4) is 0 Å². The monoisotopic (exact) mass is 357 g/mol. The van der Waals surface area contributed by atoms with Crippen molar-refractivity contribution in [1.82, 2.24) is 10.6 Å². The molecule has 0 radical (unpaired) electrons. The van der Waals surface area contributed by atoms with Gasteiger partial charge in [0.25, 0.3) is 5.91 Å². The van der Waals surface area contributed by atoms with Crippen molar-refractivity contribution in [2.45, 2.75) is 13.3 Å². The van der Waals surface area contributed by atoms with Crippen LogP contribution >= 0.6 is 0 Å². The SMILES string of the molecule is CC(=O)NCCNC(=O)c1ccc(NC(=O)Cc2ccc(F)cc2)cc1. The van der Waals surface area contributed by atoms with E-state index in [0.29, 0.717) is 29.9 Å². The van der Waals surface area contributed by atoms with Crippen LogP contribution < -0.4 is 16.0 Å². The van der Waals surface area contributed by atoms with E-state index in [1.165, 1.54) is 19.1 Å². The van der Waals surface area contributed by atoms with Gasteiger partial charge >= 0.3 is 0 Å². The molecule has 0 bridgehead atoms. The third kappa shape index (κ3) is 6.35. The molecule has 2 rings (SSSR count). The molecule has 0 saturated heterocycles. The average molecular weight is 357 g/mol. The number of benzene rings is 2.